The zero-order valence-corrected chi connectivity index (χ0v) is 20.0. The van der Waals surface area contributed by atoms with E-state index in [0.717, 1.165) is 49.7 Å². The molecule has 0 aliphatic carbocycles. The summed E-state index contributed by atoms with van der Waals surface area (Å²) < 4.78 is 11.3. The molecule has 2 heterocycles. The molecular weight excluding hydrogens is 495 g/mol. The largest absolute Gasteiger partial charge is 0.489 e. The quantitative estimate of drug-likeness (QED) is 0.255. The highest BCUT2D eigenvalue weighted by Crippen LogP contribution is 2.19. The first-order valence-corrected chi connectivity index (χ1v) is 10.5. The minimum Gasteiger partial charge on any atom is -0.489 e. The monoisotopic (exact) mass is 528 g/mol. The van der Waals surface area contributed by atoms with Crippen LogP contribution in [0, 0.1) is 0 Å². The summed E-state index contributed by atoms with van der Waals surface area (Å²) in [6, 6.07) is 7.94. The summed E-state index contributed by atoms with van der Waals surface area (Å²) in [6.07, 6.45) is 3.32. The SMILES string of the molecule is C=CCOc1ccccc1CN=C(NCC)N1CCN(C(=O)C2CCCO2)CC1.I. The van der Waals surface area contributed by atoms with Gasteiger partial charge in [0.2, 0.25) is 0 Å². The number of amides is 1. The minimum absolute atomic E-state index is 0. The van der Waals surface area contributed by atoms with Gasteiger partial charge in [-0.1, -0.05) is 30.9 Å². The van der Waals surface area contributed by atoms with E-state index in [1.165, 1.54) is 0 Å². The molecule has 2 saturated heterocycles. The number of benzene rings is 1. The average Bonchev–Trinajstić information content (AvgIpc) is 3.30. The molecule has 166 valence electrons. The van der Waals surface area contributed by atoms with Crippen LogP contribution in [-0.2, 0) is 16.1 Å². The normalized spacial score (nSPS) is 19.2. The van der Waals surface area contributed by atoms with Gasteiger partial charge in [0.05, 0.1) is 6.54 Å². The summed E-state index contributed by atoms with van der Waals surface area (Å²) in [7, 11) is 0. The molecule has 0 saturated carbocycles. The van der Waals surface area contributed by atoms with Crippen molar-refractivity contribution < 1.29 is 14.3 Å². The number of aliphatic imine (C=N–C) groups is 1. The predicted octanol–water partition coefficient (Wildman–Crippen LogP) is 2.66. The minimum atomic E-state index is -0.240. The smallest absolute Gasteiger partial charge is 0.251 e. The number of carbonyl (C=O) groups excluding carboxylic acids is 1. The molecular formula is C22H33IN4O3. The van der Waals surface area contributed by atoms with Crippen LogP contribution in [0.15, 0.2) is 41.9 Å². The topological polar surface area (TPSA) is 66.4 Å². The van der Waals surface area contributed by atoms with Crippen LogP contribution in [0.2, 0.25) is 0 Å². The molecule has 1 unspecified atom stereocenters. The van der Waals surface area contributed by atoms with E-state index in [9.17, 15) is 4.79 Å². The van der Waals surface area contributed by atoms with Crippen LogP contribution in [0.1, 0.15) is 25.3 Å². The van der Waals surface area contributed by atoms with Gasteiger partial charge in [-0.25, -0.2) is 4.99 Å². The molecule has 0 aromatic heterocycles. The van der Waals surface area contributed by atoms with Crippen LogP contribution in [0.5, 0.6) is 5.75 Å². The predicted molar refractivity (Wildman–Crippen MR) is 129 cm³/mol. The van der Waals surface area contributed by atoms with Crippen molar-refractivity contribution in [1.29, 1.82) is 0 Å². The Balaban J connectivity index is 0.00000320. The molecule has 1 N–H and O–H groups in total. The number of carbonyl (C=O) groups is 1. The first-order valence-electron chi connectivity index (χ1n) is 10.5. The van der Waals surface area contributed by atoms with Crippen molar-refractivity contribution in [2.24, 2.45) is 4.99 Å². The summed E-state index contributed by atoms with van der Waals surface area (Å²) in [5.41, 5.74) is 1.04. The van der Waals surface area contributed by atoms with Gasteiger partial charge in [-0.2, -0.15) is 0 Å². The molecule has 2 aliphatic heterocycles. The molecule has 1 aromatic carbocycles. The number of hydrogen-bond donors (Lipinski definition) is 1. The average molecular weight is 528 g/mol. The second-order valence-corrected chi connectivity index (χ2v) is 7.19. The van der Waals surface area contributed by atoms with Gasteiger partial charge in [0.1, 0.15) is 18.5 Å². The van der Waals surface area contributed by atoms with E-state index in [-0.39, 0.29) is 36.0 Å². The Bertz CT molecular complexity index is 714. The second-order valence-electron chi connectivity index (χ2n) is 7.19. The zero-order valence-electron chi connectivity index (χ0n) is 17.7. The number of halogens is 1. The van der Waals surface area contributed by atoms with Crippen LogP contribution in [0.4, 0.5) is 0 Å². The van der Waals surface area contributed by atoms with Gasteiger partial charge in [0.25, 0.3) is 5.91 Å². The summed E-state index contributed by atoms with van der Waals surface area (Å²) in [5.74, 6) is 1.84. The molecule has 2 fully saturated rings. The van der Waals surface area contributed by atoms with E-state index in [1.54, 1.807) is 6.08 Å². The van der Waals surface area contributed by atoms with Crippen LogP contribution >= 0.6 is 24.0 Å². The lowest BCUT2D eigenvalue weighted by Gasteiger charge is -2.37. The van der Waals surface area contributed by atoms with E-state index in [0.29, 0.717) is 32.8 Å². The van der Waals surface area contributed by atoms with E-state index >= 15 is 0 Å². The van der Waals surface area contributed by atoms with Crippen LogP contribution < -0.4 is 10.1 Å². The number of piperazine rings is 1. The maximum absolute atomic E-state index is 12.6. The molecule has 1 aromatic rings. The Kier molecular flexibility index (Phi) is 10.4. The van der Waals surface area contributed by atoms with Crippen molar-refractivity contribution in [2.75, 3.05) is 45.9 Å². The number of nitrogens with zero attached hydrogens (tertiary/aromatic N) is 3. The van der Waals surface area contributed by atoms with Gasteiger partial charge in [-0.15, -0.1) is 24.0 Å². The van der Waals surface area contributed by atoms with Crippen molar-refractivity contribution in [3.05, 3.63) is 42.5 Å². The van der Waals surface area contributed by atoms with Gasteiger partial charge in [0.15, 0.2) is 5.96 Å². The van der Waals surface area contributed by atoms with Crippen LogP contribution in [0.25, 0.3) is 0 Å². The number of guanidine groups is 1. The molecule has 0 spiro atoms. The van der Waals surface area contributed by atoms with Crippen molar-refractivity contribution in [1.82, 2.24) is 15.1 Å². The van der Waals surface area contributed by atoms with E-state index in [4.69, 9.17) is 14.5 Å². The van der Waals surface area contributed by atoms with Crippen LogP contribution in [-0.4, -0.2) is 73.7 Å². The van der Waals surface area contributed by atoms with Gasteiger partial charge < -0.3 is 24.6 Å². The van der Waals surface area contributed by atoms with Crippen molar-refractivity contribution in [3.8, 4) is 5.75 Å². The van der Waals surface area contributed by atoms with Gasteiger partial charge in [-0.3, -0.25) is 4.79 Å². The van der Waals surface area contributed by atoms with Crippen molar-refractivity contribution >= 4 is 35.8 Å². The standard InChI is InChI=1S/C22H32N4O3.HI/c1-3-15-28-19-9-6-5-8-18(19)17-24-22(23-4-2)26-13-11-25(12-14-26)21(27)20-10-7-16-29-20;/h3,5-6,8-9,20H,1,4,7,10-17H2,2H3,(H,23,24);1H. The summed E-state index contributed by atoms with van der Waals surface area (Å²) in [5, 5.41) is 3.38. The summed E-state index contributed by atoms with van der Waals surface area (Å²) >= 11 is 0. The number of nitrogens with one attached hydrogen (secondary N) is 1. The third-order valence-corrected chi connectivity index (χ3v) is 5.16. The maximum Gasteiger partial charge on any atom is 0.251 e. The second kappa shape index (κ2) is 12.8. The third kappa shape index (κ3) is 6.60. The third-order valence-electron chi connectivity index (χ3n) is 5.16. The Morgan fingerprint density at radius 2 is 2.03 bits per heavy atom. The number of ether oxygens (including phenoxy) is 2. The molecule has 7 nitrogen and oxygen atoms in total. The first-order chi connectivity index (χ1) is 14.2. The zero-order chi connectivity index (χ0) is 20.5. The van der Waals surface area contributed by atoms with Crippen molar-refractivity contribution in [2.45, 2.75) is 32.4 Å². The first kappa shape index (κ1) is 24.5. The Morgan fingerprint density at radius 3 is 2.70 bits per heavy atom. The van der Waals surface area contributed by atoms with E-state index < -0.39 is 0 Å². The molecule has 2 aliphatic rings. The van der Waals surface area contributed by atoms with Gasteiger partial charge in [-0.05, 0) is 25.8 Å². The van der Waals surface area contributed by atoms with Gasteiger partial charge in [0, 0.05) is 44.9 Å². The number of para-hydroxylation sites is 1. The summed E-state index contributed by atoms with van der Waals surface area (Å²) in [6.45, 7) is 11.2. The Morgan fingerprint density at radius 1 is 1.30 bits per heavy atom. The molecule has 1 atom stereocenters. The molecule has 1 amide bonds. The number of rotatable bonds is 7. The highest BCUT2D eigenvalue weighted by Gasteiger charge is 2.30. The Labute approximate surface area is 196 Å². The molecule has 0 bridgehead atoms. The summed E-state index contributed by atoms with van der Waals surface area (Å²) in [4.78, 5) is 21.5. The number of hydrogen-bond acceptors (Lipinski definition) is 4. The van der Waals surface area contributed by atoms with E-state index in [1.807, 2.05) is 29.2 Å². The molecule has 0 radical (unpaired) electrons. The van der Waals surface area contributed by atoms with Crippen LogP contribution in [0.3, 0.4) is 0 Å². The Hall–Kier alpha value is -1.81. The highest BCUT2D eigenvalue weighted by molar-refractivity contribution is 14.0. The fourth-order valence-corrected chi connectivity index (χ4v) is 3.62. The van der Waals surface area contributed by atoms with E-state index in [2.05, 4.69) is 23.7 Å². The molecule has 3 rings (SSSR count). The van der Waals surface area contributed by atoms with Gasteiger partial charge >= 0.3 is 0 Å². The fraction of sp³-hybridized carbons (Fsp3) is 0.545. The van der Waals surface area contributed by atoms with Crippen molar-refractivity contribution in [3.63, 3.8) is 0 Å². The fourth-order valence-electron chi connectivity index (χ4n) is 3.62. The lowest BCUT2D eigenvalue weighted by atomic mass is 10.2. The highest BCUT2D eigenvalue weighted by atomic mass is 127. The molecule has 8 heteroatoms. The lowest BCUT2D eigenvalue weighted by molar-refractivity contribution is -0.142. The maximum atomic E-state index is 12.6. The lowest BCUT2D eigenvalue weighted by Crippen LogP contribution is -2.55. The molecule has 30 heavy (non-hydrogen) atoms.